The molecule has 5 nitrogen and oxygen atoms in total. The quantitative estimate of drug-likeness (QED) is 0.867. The van der Waals surface area contributed by atoms with Gasteiger partial charge in [-0.25, -0.2) is 4.79 Å². The number of benzene rings is 1. The van der Waals surface area contributed by atoms with Gasteiger partial charge in [-0.15, -0.1) is 0 Å². The van der Waals surface area contributed by atoms with E-state index in [2.05, 4.69) is 4.98 Å². The highest BCUT2D eigenvalue weighted by atomic mass is 16.5. The molecule has 2 rings (SSSR count). The average molecular weight is 246 g/mol. The molecule has 0 amide bonds. The third kappa shape index (κ3) is 1.95. The monoisotopic (exact) mass is 246 g/mol. The summed E-state index contributed by atoms with van der Waals surface area (Å²) in [5.74, 6) is -0.417. The largest absolute Gasteiger partial charge is 0.494 e. The Morgan fingerprint density at radius 1 is 1.50 bits per heavy atom. The molecule has 5 heteroatoms. The molecular formula is C13H14N2O3. The molecule has 0 bridgehead atoms. The van der Waals surface area contributed by atoms with E-state index >= 15 is 0 Å². The van der Waals surface area contributed by atoms with E-state index in [1.54, 1.807) is 25.1 Å². The molecule has 0 saturated heterocycles. The second-order valence-corrected chi connectivity index (χ2v) is 3.90. The first-order chi connectivity index (χ1) is 8.54. The number of carboxylic acids is 1. The van der Waals surface area contributed by atoms with Gasteiger partial charge in [-0.1, -0.05) is 0 Å². The summed E-state index contributed by atoms with van der Waals surface area (Å²) < 4.78 is 5.37. The SMILES string of the molecule is CCOc1ccc2nc(C)c(C(=O)O)c(N)c2c1. The molecule has 1 aromatic heterocycles. The molecule has 0 fully saturated rings. The summed E-state index contributed by atoms with van der Waals surface area (Å²) in [6.07, 6.45) is 0. The lowest BCUT2D eigenvalue weighted by atomic mass is 10.1. The number of ether oxygens (including phenoxy) is 1. The van der Waals surface area contributed by atoms with Crippen LogP contribution >= 0.6 is 0 Å². The second-order valence-electron chi connectivity index (χ2n) is 3.90. The predicted molar refractivity (Wildman–Crippen MR) is 69.0 cm³/mol. The van der Waals surface area contributed by atoms with Gasteiger partial charge in [0.25, 0.3) is 0 Å². The van der Waals surface area contributed by atoms with Crippen LogP contribution in [0.2, 0.25) is 0 Å². The molecule has 2 aromatic rings. The van der Waals surface area contributed by atoms with Crippen molar-refractivity contribution >= 4 is 22.6 Å². The Bertz CT molecular complexity index is 623. The first kappa shape index (κ1) is 12.2. The smallest absolute Gasteiger partial charge is 0.339 e. The van der Waals surface area contributed by atoms with Crippen molar-refractivity contribution in [1.29, 1.82) is 0 Å². The number of pyridine rings is 1. The number of hydrogen-bond donors (Lipinski definition) is 2. The van der Waals surface area contributed by atoms with Crippen molar-refractivity contribution in [1.82, 2.24) is 4.98 Å². The Hall–Kier alpha value is -2.30. The minimum atomic E-state index is -1.07. The molecule has 1 heterocycles. The summed E-state index contributed by atoms with van der Waals surface area (Å²) in [5, 5.41) is 9.73. The van der Waals surface area contributed by atoms with Crippen molar-refractivity contribution in [2.75, 3.05) is 12.3 Å². The molecule has 0 saturated carbocycles. The zero-order valence-electron chi connectivity index (χ0n) is 10.2. The van der Waals surface area contributed by atoms with Gasteiger partial charge < -0.3 is 15.6 Å². The highest BCUT2D eigenvalue weighted by molar-refractivity contribution is 6.04. The third-order valence-corrected chi connectivity index (χ3v) is 2.70. The van der Waals surface area contributed by atoms with Crippen molar-refractivity contribution in [2.24, 2.45) is 0 Å². The molecule has 94 valence electrons. The van der Waals surface area contributed by atoms with Gasteiger partial charge in [0.2, 0.25) is 0 Å². The van der Waals surface area contributed by atoms with Crippen LogP contribution in [0, 0.1) is 6.92 Å². The number of nitrogens with two attached hydrogens (primary N) is 1. The number of carbonyl (C=O) groups is 1. The number of anilines is 1. The molecule has 0 spiro atoms. The average Bonchev–Trinajstić information content (AvgIpc) is 2.30. The van der Waals surface area contributed by atoms with Gasteiger partial charge in [-0.05, 0) is 32.0 Å². The Labute approximate surface area is 104 Å². The number of hydrogen-bond acceptors (Lipinski definition) is 4. The molecule has 0 aliphatic rings. The summed E-state index contributed by atoms with van der Waals surface area (Å²) in [7, 11) is 0. The van der Waals surface area contributed by atoms with Gasteiger partial charge in [0.1, 0.15) is 11.3 Å². The summed E-state index contributed by atoms with van der Waals surface area (Å²) in [4.78, 5) is 15.4. The molecular weight excluding hydrogens is 232 g/mol. The topological polar surface area (TPSA) is 85.4 Å². The molecule has 0 radical (unpaired) electrons. The van der Waals surface area contributed by atoms with E-state index in [0.717, 1.165) is 0 Å². The van der Waals surface area contributed by atoms with E-state index < -0.39 is 5.97 Å². The van der Waals surface area contributed by atoms with Crippen LogP contribution in [0.3, 0.4) is 0 Å². The van der Waals surface area contributed by atoms with Crippen LogP contribution in [0.15, 0.2) is 18.2 Å². The Morgan fingerprint density at radius 3 is 2.83 bits per heavy atom. The van der Waals surface area contributed by atoms with Crippen LogP contribution in [-0.2, 0) is 0 Å². The van der Waals surface area contributed by atoms with Crippen LogP contribution in [-0.4, -0.2) is 22.7 Å². The number of nitrogens with zero attached hydrogens (tertiary/aromatic N) is 1. The molecule has 0 unspecified atom stereocenters. The van der Waals surface area contributed by atoms with Crippen LogP contribution < -0.4 is 10.5 Å². The zero-order valence-corrected chi connectivity index (χ0v) is 10.2. The minimum Gasteiger partial charge on any atom is -0.494 e. The summed E-state index contributed by atoms with van der Waals surface area (Å²) >= 11 is 0. The molecule has 1 aromatic carbocycles. The number of aryl methyl sites for hydroxylation is 1. The van der Waals surface area contributed by atoms with E-state index in [4.69, 9.17) is 15.6 Å². The van der Waals surface area contributed by atoms with Gasteiger partial charge in [0.15, 0.2) is 0 Å². The van der Waals surface area contributed by atoms with Gasteiger partial charge in [-0.3, -0.25) is 4.98 Å². The maximum absolute atomic E-state index is 11.1. The van der Waals surface area contributed by atoms with Crippen molar-refractivity contribution in [3.63, 3.8) is 0 Å². The predicted octanol–water partition coefficient (Wildman–Crippen LogP) is 2.22. The summed E-state index contributed by atoms with van der Waals surface area (Å²) in [5.41, 5.74) is 7.27. The number of fused-ring (bicyclic) bond motifs is 1. The minimum absolute atomic E-state index is 0.0520. The van der Waals surface area contributed by atoms with Gasteiger partial charge in [0.05, 0.1) is 23.5 Å². The van der Waals surface area contributed by atoms with E-state index in [1.165, 1.54) is 0 Å². The highest BCUT2D eigenvalue weighted by Crippen LogP contribution is 2.28. The Kier molecular flexibility index (Phi) is 3.06. The van der Waals surface area contributed by atoms with E-state index in [-0.39, 0.29) is 11.3 Å². The van der Waals surface area contributed by atoms with E-state index in [1.807, 2.05) is 6.92 Å². The lowest BCUT2D eigenvalue weighted by Gasteiger charge is -2.10. The van der Waals surface area contributed by atoms with Crippen molar-refractivity contribution < 1.29 is 14.6 Å². The standard InChI is InChI=1S/C13H14N2O3/c1-3-18-8-4-5-10-9(6-8)12(14)11(13(16)17)7(2)15-10/h4-6H,3H2,1-2H3,(H2,14,15)(H,16,17). The van der Waals surface area contributed by atoms with E-state index in [9.17, 15) is 4.79 Å². The number of nitrogen functional groups attached to an aromatic ring is 1. The maximum Gasteiger partial charge on any atom is 0.339 e. The van der Waals surface area contributed by atoms with Crippen molar-refractivity contribution in [3.05, 3.63) is 29.5 Å². The van der Waals surface area contributed by atoms with Gasteiger partial charge in [-0.2, -0.15) is 0 Å². The Balaban J connectivity index is 2.73. The van der Waals surface area contributed by atoms with Crippen LogP contribution in [0.25, 0.3) is 10.9 Å². The lowest BCUT2D eigenvalue weighted by Crippen LogP contribution is -2.07. The molecule has 3 N–H and O–H groups in total. The fourth-order valence-electron chi connectivity index (χ4n) is 1.92. The summed E-state index contributed by atoms with van der Waals surface area (Å²) in [6.45, 7) is 4.05. The zero-order chi connectivity index (χ0) is 13.3. The highest BCUT2D eigenvalue weighted by Gasteiger charge is 2.16. The fraction of sp³-hybridized carbons (Fsp3) is 0.231. The number of aromatic nitrogens is 1. The van der Waals surface area contributed by atoms with Gasteiger partial charge in [0, 0.05) is 5.39 Å². The molecule has 0 atom stereocenters. The van der Waals surface area contributed by atoms with Gasteiger partial charge >= 0.3 is 5.97 Å². The maximum atomic E-state index is 11.1. The van der Waals surface area contributed by atoms with Crippen molar-refractivity contribution in [3.8, 4) is 5.75 Å². The third-order valence-electron chi connectivity index (χ3n) is 2.70. The Morgan fingerprint density at radius 2 is 2.22 bits per heavy atom. The normalized spacial score (nSPS) is 10.6. The first-order valence-electron chi connectivity index (χ1n) is 5.60. The van der Waals surface area contributed by atoms with Crippen molar-refractivity contribution in [2.45, 2.75) is 13.8 Å². The van der Waals surface area contributed by atoms with Crippen LogP contribution in [0.4, 0.5) is 5.69 Å². The molecule has 0 aliphatic heterocycles. The number of rotatable bonds is 3. The van der Waals surface area contributed by atoms with Crippen LogP contribution in [0.5, 0.6) is 5.75 Å². The second kappa shape index (κ2) is 4.52. The number of aromatic carboxylic acids is 1. The molecule has 18 heavy (non-hydrogen) atoms. The number of carboxylic acid groups (broad SMARTS) is 1. The molecule has 0 aliphatic carbocycles. The van der Waals surface area contributed by atoms with Crippen LogP contribution in [0.1, 0.15) is 23.0 Å². The van der Waals surface area contributed by atoms with E-state index in [0.29, 0.717) is 29.0 Å². The lowest BCUT2D eigenvalue weighted by molar-refractivity contribution is 0.0697. The first-order valence-corrected chi connectivity index (χ1v) is 5.60. The summed E-state index contributed by atoms with van der Waals surface area (Å²) in [6, 6.07) is 5.28. The fourth-order valence-corrected chi connectivity index (χ4v) is 1.92.